The van der Waals surface area contributed by atoms with Crippen molar-refractivity contribution < 1.29 is 5.11 Å². The second-order valence-electron chi connectivity index (χ2n) is 6.13. The minimum absolute atomic E-state index is 0.562. The first kappa shape index (κ1) is 12.7. The van der Waals surface area contributed by atoms with Crippen molar-refractivity contribution in [3.05, 3.63) is 35.4 Å². The summed E-state index contributed by atoms with van der Waals surface area (Å²) >= 11 is 0. The van der Waals surface area contributed by atoms with E-state index in [1.807, 2.05) is 18.2 Å². The van der Waals surface area contributed by atoms with Gasteiger partial charge < -0.3 is 5.11 Å². The van der Waals surface area contributed by atoms with Gasteiger partial charge in [0.15, 0.2) is 0 Å². The normalized spacial score (nSPS) is 29.3. The molecule has 1 atom stereocenters. The topological polar surface area (TPSA) is 44.0 Å². The molecule has 19 heavy (non-hydrogen) atoms. The minimum atomic E-state index is -0.939. The van der Waals surface area contributed by atoms with Crippen molar-refractivity contribution in [2.24, 2.45) is 5.41 Å². The summed E-state index contributed by atoms with van der Waals surface area (Å²) in [7, 11) is 0. The molecular formula is C17H21NO. The summed E-state index contributed by atoms with van der Waals surface area (Å²) < 4.78 is 0. The Morgan fingerprint density at radius 2 is 1.68 bits per heavy atom. The molecule has 1 aromatic rings. The number of rotatable bonds is 1. The predicted molar refractivity (Wildman–Crippen MR) is 74.4 cm³/mol. The van der Waals surface area contributed by atoms with Gasteiger partial charge in [0.05, 0.1) is 11.5 Å². The molecule has 0 aliphatic heterocycles. The number of hydrogen-bond acceptors (Lipinski definition) is 2. The van der Waals surface area contributed by atoms with Crippen molar-refractivity contribution in [1.29, 1.82) is 5.26 Å². The summed E-state index contributed by atoms with van der Waals surface area (Å²) in [4.78, 5) is 0. The number of hydrogen-bond donors (Lipinski definition) is 1. The Bertz CT molecular complexity index is 510. The van der Waals surface area contributed by atoms with Crippen molar-refractivity contribution in [3.63, 3.8) is 0 Å². The maximum Gasteiger partial charge on any atom is 0.108 e. The highest BCUT2D eigenvalue weighted by Crippen LogP contribution is 2.54. The average molecular weight is 255 g/mol. The molecule has 0 heterocycles. The van der Waals surface area contributed by atoms with Gasteiger partial charge in [0, 0.05) is 0 Å². The van der Waals surface area contributed by atoms with Crippen LogP contribution in [0.2, 0.25) is 0 Å². The highest BCUT2D eigenvalue weighted by Gasteiger charge is 2.53. The van der Waals surface area contributed by atoms with Crippen molar-refractivity contribution in [1.82, 2.24) is 0 Å². The van der Waals surface area contributed by atoms with Crippen LogP contribution >= 0.6 is 0 Å². The van der Waals surface area contributed by atoms with E-state index in [4.69, 9.17) is 0 Å². The molecule has 100 valence electrons. The first-order chi connectivity index (χ1) is 9.22. The van der Waals surface area contributed by atoms with Gasteiger partial charge in [0.1, 0.15) is 5.60 Å². The molecule has 0 aromatic heterocycles. The van der Waals surface area contributed by atoms with Crippen LogP contribution in [0.1, 0.15) is 56.1 Å². The van der Waals surface area contributed by atoms with Gasteiger partial charge in [-0.1, -0.05) is 37.1 Å². The summed E-state index contributed by atoms with van der Waals surface area (Å²) in [5.41, 5.74) is 0.763. The Labute approximate surface area is 115 Å². The van der Waals surface area contributed by atoms with E-state index in [2.05, 4.69) is 12.1 Å². The zero-order chi connectivity index (χ0) is 13.3. The number of nitrogens with zero attached hydrogens (tertiary/aromatic N) is 1. The molecule has 2 aliphatic rings. The SMILES string of the molecule is N#CC1(C2(O)CCCCc3ccccc32)CCCC1. The summed E-state index contributed by atoms with van der Waals surface area (Å²) in [6, 6.07) is 10.7. The van der Waals surface area contributed by atoms with E-state index in [1.54, 1.807) is 0 Å². The Hall–Kier alpha value is -1.33. The third-order valence-electron chi connectivity index (χ3n) is 5.16. The van der Waals surface area contributed by atoms with Crippen molar-refractivity contribution in [3.8, 4) is 6.07 Å². The Morgan fingerprint density at radius 3 is 2.42 bits per heavy atom. The largest absolute Gasteiger partial charge is 0.383 e. The van der Waals surface area contributed by atoms with Gasteiger partial charge in [-0.05, 0) is 49.7 Å². The molecule has 1 aromatic carbocycles. The molecule has 2 nitrogen and oxygen atoms in total. The van der Waals surface area contributed by atoms with Crippen molar-refractivity contribution >= 4 is 0 Å². The van der Waals surface area contributed by atoms with Gasteiger partial charge in [0.2, 0.25) is 0 Å². The fourth-order valence-corrected chi connectivity index (χ4v) is 4.07. The van der Waals surface area contributed by atoms with Crippen LogP contribution in [-0.4, -0.2) is 5.11 Å². The molecule has 1 saturated carbocycles. The minimum Gasteiger partial charge on any atom is -0.383 e. The second kappa shape index (κ2) is 4.65. The van der Waals surface area contributed by atoms with Crippen molar-refractivity contribution in [2.75, 3.05) is 0 Å². The van der Waals surface area contributed by atoms with Gasteiger partial charge in [-0.15, -0.1) is 0 Å². The predicted octanol–water partition coefficient (Wildman–Crippen LogP) is 3.68. The number of aryl methyl sites for hydroxylation is 1. The van der Waals surface area contributed by atoms with E-state index in [9.17, 15) is 10.4 Å². The van der Waals surface area contributed by atoms with Gasteiger partial charge in [-0.25, -0.2) is 0 Å². The summed E-state index contributed by atoms with van der Waals surface area (Å²) in [5.74, 6) is 0. The molecule has 0 bridgehead atoms. The van der Waals surface area contributed by atoms with Crippen LogP contribution < -0.4 is 0 Å². The van der Waals surface area contributed by atoms with E-state index in [0.29, 0.717) is 0 Å². The van der Waals surface area contributed by atoms with Crippen LogP contribution in [0.3, 0.4) is 0 Å². The first-order valence-electron chi connectivity index (χ1n) is 7.44. The van der Waals surface area contributed by atoms with E-state index in [-0.39, 0.29) is 0 Å². The molecule has 2 heteroatoms. The lowest BCUT2D eigenvalue weighted by atomic mass is 9.65. The maximum absolute atomic E-state index is 11.4. The zero-order valence-electron chi connectivity index (χ0n) is 11.4. The van der Waals surface area contributed by atoms with Gasteiger partial charge in [-0.2, -0.15) is 5.26 Å². The highest BCUT2D eigenvalue weighted by molar-refractivity contribution is 5.38. The van der Waals surface area contributed by atoms with Crippen LogP contribution in [0.5, 0.6) is 0 Å². The molecular weight excluding hydrogens is 234 g/mol. The Kier molecular flexibility index (Phi) is 3.11. The van der Waals surface area contributed by atoms with Gasteiger partial charge >= 0.3 is 0 Å². The van der Waals surface area contributed by atoms with Crippen molar-refractivity contribution in [2.45, 2.75) is 57.0 Å². The molecule has 0 saturated heterocycles. The lowest BCUT2D eigenvalue weighted by molar-refractivity contribution is -0.0668. The van der Waals surface area contributed by atoms with Crippen LogP contribution in [0.4, 0.5) is 0 Å². The van der Waals surface area contributed by atoms with E-state index in [1.165, 1.54) is 5.56 Å². The van der Waals surface area contributed by atoms with E-state index < -0.39 is 11.0 Å². The molecule has 1 fully saturated rings. The monoisotopic (exact) mass is 255 g/mol. The average Bonchev–Trinajstić information content (AvgIpc) is 2.88. The number of benzene rings is 1. The Morgan fingerprint density at radius 1 is 1.00 bits per heavy atom. The van der Waals surface area contributed by atoms with E-state index in [0.717, 1.165) is 56.9 Å². The lowest BCUT2D eigenvalue weighted by Gasteiger charge is -2.41. The quantitative estimate of drug-likeness (QED) is 0.778. The van der Waals surface area contributed by atoms with Crippen LogP contribution in [-0.2, 0) is 12.0 Å². The summed E-state index contributed by atoms with van der Waals surface area (Å²) in [6.45, 7) is 0. The highest BCUT2D eigenvalue weighted by atomic mass is 16.3. The van der Waals surface area contributed by atoms with E-state index >= 15 is 0 Å². The number of fused-ring (bicyclic) bond motifs is 1. The lowest BCUT2D eigenvalue weighted by Crippen LogP contribution is -2.43. The van der Waals surface area contributed by atoms with Crippen LogP contribution in [0, 0.1) is 16.7 Å². The third-order valence-corrected chi connectivity index (χ3v) is 5.16. The summed E-state index contributed by atoms with van der Waals surface area (Å²) in [5, 5.41) is 21.2. The molecule has 0 spiro atoms. The summed E-state index contributed by atoms with van der Waals surface area (Å²) in [6.07, 6.45) is 7.70. The first-order valence-corrected chi connectivity index (χ1v) is 7.44. The second-order valence-corrected chi connectivity index (χ2v) is 6.13. The fraction of sp³-hybridized carbons (Fsp3) is 0.588. The third kappa shape index (κ3) is 1.80. The fourth-order valence-electron chi connectivity index (χ4n) is 4.07. The molecule has 0 amide bonds. The maximum atomic E-state index is 11.4. The zero-order valence-corrected chi connectivity index (χ0v) is 11.4. The Balaban J connectivity index is 2.15. The molecule has 1 unspecified atom stereocenters. The molecule has 1 N–H and O–H groups in total. The van der Waals surface area contributed by atoms with Crippen LogP contribution in [0.25, 0.3) is 0 Å². The standard InChI is InChI=1S/C17H21NO/c18-13-16(10-5-6-11-16)17(19)12-4-3-8-14-7-1-2-9-15(14)17/h1-2,7,9,19H,3-6,8,10-12H2. The smallest absolute Gasteiger partial charge is 0.108 e. The van der Waals surface area contributed by atoms with Gasteiger partial charge in [0.25, 0.3) is 0 Å². The van der Waals surface area contributed by atoms with Gasteiger partial charge in [-0.3, -0.25) is 0 Å². The molecule has 0 radical (unpaired) electrons. The molecule has 2 aliphatic carbocycles. The number of aliphatic hydroxyl groups is 1. The number of nitriles is 1. The van der Waals surface area contributed by atoms with Crippen LogP contribution in [0.15, 0.2) is 24.3 Å². The molecule has 3 rings (SSSR count).